The minimum atomic E-state index is -1.02. The van der Waals surface area contributed by atoms with Crippen molar-refractivity contribution in [1.82, 2.24) is 10.0 Å². The Labute approximate surface area is 143 Å². The van der Waals surface area contributed by atoms with Gasteiger partial charge in [0.05, 0.1) is 6.04 Å². The van der Waals surface area contributed by atoms with Crippen LogP contribution in [0.5, 0.6) is 0 Å². The molecule has 2 aliphatic rings. The van der Waals surface area contributed by atoms with Crippen LogP contribution >= 0.6 is 0 Å². The number of rotatable bonds is 5. The van der Waals surface area contributed by atoms with Gasteiger partial charge in [-0.15, -0.1) is 4.72 Å². The van der Waals surface area contributed by atoms with Crippen molar-refractivity contribution in [2.45, 2.75) is 75.7 Å². The Morgan fingerprint density at radius 1 is 1.17 bits per heavy atom. The fourth-order valence-electron chi connectivity index (χ4n) is 3.92. The third kappa shape index (κ3) is 4.50. The maximum absolute atomic E-state index is 12.7. The van der Waals surface area contributed by atoms with E-state index in [1.54, 1.807) is 0 Å². The molecule has 3 nitrogen and oxygen atoms in total. The molecule has 3 rings (SSSR count). The van der Waals surface area contributed by atoms with Crippen molar-refractivity contribution >= 4 is 11.4 Å². The van der Waals surface area contributed by atoms with Crippen LogP contribution in [0, 0.1) is 5.92 Å². The predicted octanol–water partition coefficient (Wildman–Crippen LogP) is 3.18. The minimum Gasteiger partial charge on any atom is -0.598 e. The molecule has 2 fully saturated rings. The molecule has 2 saturated heterocycles. The van der Waals surface area contributed by atoms with E-state index in [1.165, 1.54) is 31.2 Å². The van der Waals surface area contributed by atoms with Gasteiger partial charge in [-0.25, -0.2) is 0 Å². The van der Waals surface area contributed by atoms with Crippen LogP contribution in [0.15, 0.2) is 30.3 Å². The van der Waals surface area contributed by atoms with E-state index in [2.05, 4.69) is 40.4 Å². The summed E-state index contributed by atoms with van der Waals surface area (Å²) in [7, 11) is 0. The summed E-state index contributed by atoms with van der Waals surface area (Å²) in [5.41, 5.74) is 1.33. The molecule has 2 heterocycles. The van der Waals surface area contributed by atoms with Gasteiger partial charge in [-0.3, -0.25) is 0 Å². The molecular formula is C19H30N2OS. The van der Waals surface area contributed by atoms with Gasteiger partial charge >= 0.3 is 0 Å². The molecule has 2 bridgehead atoms. The van der Waals surface area contributed by atoms with Crippen LogP contribution in [0.3, 0.4) is 0 Å². The van der Waals surface area contributed by atoms with Gasteiger partial charge in [0, 0.05) is 23.4 Å². The monoisotopic (exact) mass is 334 g/mol. The first-order valence-corrected chi connectivity index (χ1v) is 10.0. The van der Waals surface area contributed by atoms with Crippen LogP contribution in [0.25, 0.3) is 0 Å². The van der Waals surface area contributed by atoms with Crippen LogP contribution < -0.4 is 10.0 Å². The van der Waals surface area contributed by atoms with E-state index in [4.69, 9.17) is 0 Å². The van der Waals surface area contributed by atoms with Crippen LogP contribution in [-0.2, 0) is 17.8 Å². The van der Waals surface area contributed by atoms with Crippen molar-refractivity contribution in [1.29, 1.82) is 0 Å². The number of fused-ring (bicyclic) bond motifs is 2. The second kappa shape index (κ2) is 7.14. The molecule has 0 saturated carbocycles. The molecular weight excluding hydrogens is 304 g/mol. The molecule has 0 spiro atoms. The van der Waals surface area contributed by atoms with E-state index in [0.717, 1.165) is 6.42 Å². The average molecular weight is 335 g/mol. The van der Waals surface area contributed by atoms with Gasteiger partial charge in [0.15, 0.2) is 0 Å². The zero-order chi connectivity index (χ0) is 16.4. The highest BCUT2D eigenvalue weighted by Crippen LogP contribution is 2.34. The van der Waals surface area contributed by atoms with Crippen molar-refractivity contribution in [3.63, 3.8) is 0 Å². The maximum atomic E-state index is 12.7. The van der Waals surface area contributed by atoms with E-state index >= 15 is 0 Å². The van der Waals surface area contributed by atoms with Gasteiger partial charge in [-0.2, -0.15) is 0 Å². The first-order valence-electron chi connectivity index (χ1n) is 8.90. The van der Waals surface area contributed by atoms with Crippen LogP contribution in [0.4, 0.5) is 0 Å². The largest absolute Gasteiger partial charge is 0.598 e. The summed E-state index contributed by atoms with van der Waals surface area (Å²) >= 11 is -1.02. The summed E-state index contributed by atoms with van der Waals surface area (Å²) in [5, 5.41) is 3.72. The molecule has 1 aromatic rings. The second-order valence-corrected chi connectivity index (χ2v) is 10.2. The Kier molecular flexibility index (Phi) is 5.36. The third-order valence-electron chi connectivity index (χ3n) is 5.19. The quantitative estimate of drug-likeness (QED) is 0.813. The van der Waals surface area contributed by atoms with Crippen molar-refractivity contribution in [2.24, 2.45) is 5.92 Å². The van der Waals surface area contributed by atoms with Crippen LogP contribution in [0.2, 0.25) is 0 Å². The summed E-state index contributed by atoms with van der Waals surface area (Å²) in [6, 6.07) is 12.3. The van der Waals surface area contributed by atoms with E-state index in [9.17, 15) is 4.55 Å². The fraction of sp³-hybridized carbons (Fsp3) is 0.684. The number of hydrogen-bond donors (Lipinski definition) is 2. The fourth-order valence-corrected chi connectivity index (χ4v) is 4.82. The molecule has 5 atom stereocenters. The normalized spacial score (nSPS) is 30.2. The van der Waals surface area contributed by atoms with E-state index < -0.39 is 11.4 Å². The molecule has 0 aliphatic carbocycles. The molecule has 0 amide bonds. The maximum Gasteiger partial charge on any atom is 0.136 e. The molecule has 2 aliphatic heterocycles. The second-order valence-electron chi connectivity index (χ2n) is 8.16. The number of nitrogens with one attached hydrogen (secondary N) is 2. The summed E-state index contributed by atoms with van der Waals surface area (Å²) in [5.74, 6) is 0.611. The lowest BCUT2D eigenvalue weighted by atomic mass is 9.84. The van der Waals surface area contributed by atoms with Crippen molar-refractivity contribution in [2.75, 3.05) is 0 Å². The third-order valence-corrected chi connectivity index (χ3v) is 6.82. The van der Waals surface area contributed by atoms with Crippen molar-refractivity contribution in [3.8, 4) is 0 Å². The van der Waals surface area contributed by atoms with Gasteiger partial charge in [0.25, 0.3) is 0 Å². The average Bonchev–Trinajstić information content (AvgIpc) is 2.85. The lowest BCUT2D eigenvalue weighted by Crippen LogP contribution is -2.52. The standard InChI is InChI=1S/C19H30N2OS/c1-19(2,3)23(22)21-18(11-14-7-5-4-6-8-14)15-12-16-9-10-17(13-15)20-16/h4-8,15-18,20-21H,9-13H2,1-3H3/t15?,16-,17+,18-,23?/m1/s1. The Bertz CT molecular complexity index is 490. The first-order chi connectivity index (χ1) is 10.9. The zero-order valence-electron chi connectivity index (χ0n) is 14.5. The topological polar surface area (TPSA) is 47.1 Å². The molecule has 0 radical (unpaired) electrons. The minimum absolute atomic E-state index is 0.221. The lowest BCUT2D eigenvalue weighted by molar-refractivity contribution is 0.248. The van der Waals surface area contributed by atoms with Gasteiger partial charge in [-0.05, 0) is 64.4 Å². The van der Waals surface area contributed by atoms with E-state index in [1.807, 2.05) is 20.8 Å². The van der Waals surface area contributed by atoms with Crippen molar-refractivity contribution in [3.05, 3.63) is 35.9 Å². The Morgan fingerprint density at radius 2 is 1.78 bits per heavy atom. The number of benzene rings is 1. The highest BCUT2D eigenvalue weighted by molar-refractivity contribution is 7.90. The highest BCUT2D eigenvalue weighted by Gasteiger charge is 2.39. The Balaban J connectivity index is 1.73. The predicted molar refractivity (Wildman–Crippen MR) is 97.6 cm³/mol. The lowest BCUT2D eigenvalue weighted by Gasteiger charge is -2.37. The molecule has 1 aromatic carbocycles. The summed E-state index contributed by atoms with van der Waals surface area (Å²) in [4.78, 5) is 0. The van der Waals surface area contributed by atoms with E-state index in [0.29, 0.717) is 24.0 Å². The molecule has 0 aromatic heterocycles. The van der Waals surface area contributed by atoms with Crippen LogP contribution in [0.1, 0.15) is 52.0 Å². The molecule has 2 N–H and O–H groups in total. The Morgan fingerprint density at radius 3 is 2.35 bits per heavy atom. The summed E-state index contributed by atoms with van der Waals surface area (Å²) in [6.45, 7) is 6.13. The number of piperidine rings is 1. The molecule has 128 valence electrons. The first kappa shape index (κ1) is 17.3. The SMILES string of the molecule is CC(C)(C)[S+]([O-])N[C@H](Cc1ccccc1)C1C[C@H]2CC[C@@H](C1)N2. The van der Waals surface area contributed by atoms with Crippen LogP contribution in [-0.4, -0.2) is 27.4 Å². The Hall–Kier alpha value is -0.550. The molecule has 2 unspecified atom stereocenters. The van der Waals surface area contributed by atoms with Crippen molar-refractivity contribution < 1.29 is 4.55 Å². The summed E-state index contributed by atoms with van der Waals surface area (Å²) < 4.78 is 15.9. The van der Waals surface area contributed by atoms with Gasteiger partial charge in [-0.1, -0.05) is 30.3 Å². The van der Waals surface area contributed by atoms with Gasteiger partial charge < -0.3 is 9.87 Å². The van der Waals surface area contributed by atoms with Gasteiger partial charge in [0.2, 0.25) is 0 Å². The zero-order valence-corrected chi connectivity index (χ0v) is 15.4. The molecule has 4 heteroatoms. The number of hydrogen-bond acceptors (Lipinski definition) is 3. The highest BCUT2D eigenvalue weighted by atomic mass is 32.2. The summed E-state index contributed by atoms with van der Waals surface area (Å²) in [6.07, 6.45) is 6.00. The van der Waals surface area contributed by atoms with Gasteiger partial charge in [0.1, 0.15) is 4.75 Å². The molecule has 23 heavy (non-hydrogen) atoms. The van der Waals surface area contributed by atoms with E-state index in [-0.39, 0.29) is 4.75 Å². The smallest absolute Gasteiger partial charge is 0.136 e.